The molecule has 0 radical (unpaired) electrons. The number of imidazole rings is 1. The van der Waals surface area contributed by atoms with Crippen LogP contribution in [0.4, 0.5) is 0 Å². The molecular weight excluding hydrogens is 286 g/mol. The predicted octanol–water partition coefficient (Wildman–Crippen LogP) is 2.88. The molecule has 21 heavy (non-hydrogen) atoms. The summed E-state index contributed by atoms with van der Waals surface area (Å²) in [5, 5.41) is 18.8. The Kier molecular flexibility index (Phi) is 3.84. The van der Waals surface area contributed by atoms with E-state index in [9.17, 15) is 10.1 Å². The van der Waals surface area contributed by atoms with Gasteiger partial charge in [-0.2, -0.15) is 5.26 Å². The van der Waals surface area contributed by atoms with Crippen LogP contribution in [0.1, 0.15) is 24.8 Å². The molecule has 1 heterocycles. The lowest BCUT2D eigenvalue weighted by Gasteiger charge is -2.26. The van der Waals surface area contributed by atoms with Gasteiger partial charge in [0.15, 0.2) is 5.16 Å². The molecule has 1 aromatic carbocycles. The number of hydrogen-bond donors (Lipinski definition) is 1. The number of aromatic nitrogens is 2. The van der Waals surface area contributed by atoms with Gasteiger partial charge in [-0.3, -0.25) is 4.79 Å². The molecule has 0 spiro atoms. The quantitative estimate of drug-likeness (QED) is 0.859. The van der Waals surface area contributed by atoms with Crippen LogP contribution in [0.25, 0.3) is 11.0 Å². The minimum absolute atomic E-state index is 0.0180. The summed E-state index contributed by atoms with van der Waals surface area (Å²) in [7, 11) is 0. The van der Waals surface area contributed by atoms with Crippen LogP contribution in [0, 0.1) is 17.2 Å². The van der Waals surface area contributed by atoms with Crippen molar-refractivity contribution in [2.45, 2.75) is 31.0 Å². The minimum atomic E-state index is -0.859. The van der Waals surface area contributed by atoms with E-state index in [1.165, 1.54) is 31.0 Å². The number of aliphatic carboxylic acids is 1. The Morgan fingerprint density at radius 2 is 2.33 bits per heavy atom. The van der Waals surface area contributed by atoms with Crippen LogP contribution in [0.3, 0.4) is 0 Å². The number of rotatable bonds is 5. The van der Waals surface area contributed by atoms with Gasteiger partial charge in [0.1, 0.15) is 11.6 Å². The van der Waals surface area contributed by atoms with Crippen LogP contribution in [-0.4, -0.2) is 26.4 Å². The number of nitrogens with zero attached hydrogens (tertiary/aromatic N) is 3. The molecule has 1 saturated carbocycles. The van der Waals surface area contributed by atoms with Crippen LogP contribution in [0.5, 0.6) is 0 Å². The van der Waals surface area contributed by atoms with Crippen LogP contribution in [-0.2, 0) is 11.3 Å². The highest BCUT2D eigenvalue weighted by Gasteiger charge is 2.22. The molecule has 0 atom stereocenters. The molecule has 2 aromatic rings. The molecule has 108 valence electrons. The maximum absolute atomic E-state index is 10.8. The third kappa shape index (κ3) is 2.74. The minimum Gasteiger partial charge on any atom is -0.481 e. The third-order valence-electron chi connectivity index (χ3n) is 3.85. The van der Waals surface area contributed by atoms with Crippen LogP contribution in [0.15, 0.2) is 23.4 Å². The van der Waals surface area contributed by atoms with E-state index in [0.717, 1.165) is 12.1 Å². The molecule has 1 N–H and O–H groups in total. The lowest BCUT2D eigenvalue weighted by atomic mass is 9.85. The van der Waals surface area contributed by atoms with Crippen LogP contribution >= 0.6 is 11.8 Å². The second-order valence-electron chi connectivity index (χ2n) is 5.27. The fourth-order valence-corrected chi connectivity index (χ4v) is 3.30. The Morgan fingerprint density at radius 1 is 1.52 bits per heavy atom. The number of fused-ring (bicyclic) bond motifs is 1. The van der Waals surface area contributed by atoms with Crippen molar-refractivity contribution in [2.24, 2.45) is 5.92 Å². The molecule has 1 aliphatic carbocycles. The highest BCUT2D eigenvalue weighted by molar-refractivity contribution is 7.99. The van der Waals surface area contributed by atoms with Crippen LogP contribution < -0.4 is 0 Å². The zero-order chi connectivity index (χ0) is 14.8. The van der Waals surface area contributed by atoms with E-state index in [2.05, 4.69) is 15.6 Å². The molecule has 1 aliphatic rings. The van der Waals surface area contributed by atoms with Crippen molar-refractivity contribution >= 4 is 28.8 Å². The largest absolute Gasteiger partial charge is 0.481 e. The Balaban J connectivity index is 2.03. The Labute approximate surface area is 126 Å². The number of thioether (sulfide) groups is 1. The van der Waals surface area contributed by atoms with Gasteiger partial charge in [-0.15, -0.1) is 0 Å². The van der Waals surface area contributed by atoms with Crippen molar-refractivity contribution in [1.82, 2.24) is 9.55 Å². The molecule has 0 bridgehead atoms. The average Bonchev–Trinajstić information content (AvgIpc) is 2.78. The Hall–Kier alpha value is -2.00. The highest BCUT2D eigenvalue weighted by Crippen LogP contribution is 2.32. The third-order valence-corrected chi connectivity index (χ3v) is 4.82. The molecule has 6 heteroatoms. The lowest BCUT2D eigenvalue weighted by Crippen LogP contribution is -2.18. The fraction of sp³-hybridized carbons (Fsp3) is 0.400. The van der Waals surface area contributed by atoms with Gasteiger partial charge in [0.05, 0.1) is 16.8 Å². The van der Waals surface area contributed by atoms with Crippen molar-refractivity contribution in [1.29, 1.82) is 5.26 Å². The van der Waals surface area contributed by atoms with Crippen molar-refractivity contribution in [3.05, 3.63) is 23.8 Å². The van der Waals surface area contributed by atoms with Crippen LogP contribution in [0.2, 0.25) is 0 Å². The number of nitriles is 1. The first-order valence-corrected chi connectivity index (χ1v) is 7.91. The van der Waals surface area contributed by atoms with E-state index in [1.54, 1.807) is 6.07 Å². The van der Waals surface area contributed by atoms with E-state index >= 15 is 0 Å². The fourth-order valence-electron chi connectivity index (χ4n) is 2.56. The zero-order valence-corrected chi connectivity index (χ0v) is 12.3. The van der Waals surface area contributed by atoms with Gasteiger partial charge in [0.2, 0.25) is 0 Å². The number of carbonyl (C=O) groups is 1. The molecule has 0 aliphatic heterocycles. The average molecular weight is 301 g/mol. The summed E-state index contributed by atoms with van der Waals surface area (Å²) >= 11 is 1.22. The van der Waals surface area contributed by atoms with Crippen molar-refractivity contribution in [3.8, 4) is 6.07 Å². The summed E-state index contributed by atoms with van der Waals surface area (Å²) < 4.78 is 2.08. The van der Waals surface area contributed by atoms with Gasteiger partial charge in [-0.1, -0.05) is 24.2 Å². The SMILES string of the molecule is N#Cc1cccc2c1nc(SCC(=O)O)n2CC1CCC1. The summed E-state index contributed by atoms with van der Waals surface area (Å²) in [6.45, 7) is 0.854. The molecule has 5 nitrogen and oxygen atoms in total. The first-order valence-electron chi connectivity index (χ1n) is 6.93. The van der Waals surface area contributed by atoms with E-state index in [1.807, 2.05) is 12.1 Å². The Bertz CT molecular complexity index is 728. The highest BCUT2D eigenvalue weighted by atomic mass is 32.2. The molecule has 0 amide bonds. The summed E-state index contributed by atoms with van der Waals surface area (Å²) in [5.41, 5.74) is 2.14. The second-order valence-corrected chi connectivity index (χ2v) is 6.21. The van der Waals surface area contributed by atoms with Gasteiger partial charge >= 0.3 is 5.97 Å². The molecular formula is C15H15N3O2S. The normalized spacial score (nSPS) is 14.8. The van der Waals surface area contributed by atoms with E-state index < -0.39 is 5.97 Å². The standard InChI is InChI=1S/C15H15N3O2S/c16-7-11-5-2-6-12-14(11)17-15(21-9-13(19)20)18(12)8-10-3-1-4-10/h2,5-6,10H,1,3-4,8-9H2,(H,19,20). The molecule has 0 unspecified atom stereocenters. The molecule has 1 fully saturated rings. The van der Waals surface area contributed by atoms with Gasteiger partial charge in [0.25, 0.3) is 0 Å². The number of hydrogen-bond acceptors (Lipinski definition) is 4. The van der Waals surface area contributed by atoms with Gasteiger partial charge < -0.3 is 9.67 Å². The summed E-state index contributed by atoms with van der Waals surface area (Å²) in [6.07, 6.45) is 3.68. The van der Waals surface area contributed by atoms with Crippen molar-refractivity contribution in [2.75, 3.05) is 5.75 Å². The number of benzene rings is 1. The van der Waals surface area contributed by atoms with E-state index in [0.29, 0.717) is 22.2 Å². The van der Waals surface area contributed by atoms with E-state index in [4.69, 9.17) is 5.11 Å². The first kappa shape index (κ1) is 14.0. The van der Waals surface area contributed by atoms with Gasteiger partial charge in [-0.05, 0) is 30.9 Å². The number of carboxylic acid groups (broad SMARTS) is 1. The molecule has 0 saturated heterocycles. The van der Waals surface area contributed by atoms with Gasteiger partial charge in [0, 0.05) is 6.54 Å². The summed E-state index contributed by atoms with van der Waals surface area (Å²) in [6, 6.07) is 7.70. The zero-order valence-electron chi connectivity index (χ0n) is 11.5. The topological polar surface area (TPSA) is 78.9 Å². The molecule has 3 rings (SSSR count). The van der Waals surface area contributed by atoms with Crippen molar-refractivity contribution < 1.29 is 9.90 Å². The number of para-hydroxylation sites is 1. The second kappa shape index (κ2) is 5.78. The maximum Gasteiger partial charge on any atom is 0.313 e. The predicted molar refractivity (Wildman–Crippen MR) is 80.1 cm³/mol. The summed E-state index contributed by atoms with van der Waals surface area (Å²) in [4.78, 5) is 15.3. The lowest BCUT2D eigenvalue weighted by molar-refractivity contribution is -0.133. The number of carboxylic acids is 1. The van der Waals surface area contributed by atoms with Gasteiger partial charge in [-0.25, -0.2) is 4.98 Å². The summed E-state index contributed by atoms with van der Waals surface area (Å²) in [5.74, 6) is -0.240. The molecule has 1 aromatic heterocycles. The van der Waals surface area contributed by atoms with Crippen molar-refractivity contribution in [3.63, 3.8) is 0 Å². The smallest absolute Gasteiger partial charge is 0.313 e. The monoisotopic (exact) mass is 301 g/mol. The first-order chi connectivity index (χ1) is 10.2. The Morgan fingerprint density at radius 3 is 2.95 bits per heavy atom. The van der Waals surface area contributed by atoms with E-state index in [-0.39, 0.29) is 5.75 Å². The maximum atomic E-state index is 10.8.